The van der Waals surface area contributed by atoms with Gasteiger partial charge < -0.3 is 10.2 Å². The molecule has 5 rings (SSSR count). The number of aromatic nitrogens is 2. The Morgan fingerprint density at radius 3 is 2.90 bits per heavy atom. The molecule has 6 heteroatoms. The lowest BCUT2D eigenvalue weighted by atomic mass is 9.84. The van der Waals surface area contributed by atoms with E-state index in [2.05, 4.69) is 36.3 Å². The van der Waals surface area contributed by atoms with E-state index < -0.39 is 0 Å². The number of fused-ring (bicyclic) bond motifs is 4. The van der Waals surface area contributed by atoms with E-state index in [1.54, 1.807) is 0 Å². The quantitative estimate of drug-likeness (QED) is 0.874. The molecule has 21 heavy (non-hydrogen) atoms. The maximum absolute atomic E-state index is 12.5. The molecule has 3 fully saturated rings. The molecule has 1 aromatic carbocycles. The molecule has 2 bridgehead atoms. The predicted molar refractivity (Wildman–Crippen MR) is 84.2 cm³/mol. The third kappa shape index (κ3) is 2.36. The van der Waals surface area contributed by atoms with Gasteiger partial charge in [0.25, 0.3) is 5.91 Å². The number of rotatable bonds is 2. The first-order chi connectivity index (χ1) is 10.2. The van der Waals surface area contributed by atoms with Crippen LogP contribution in [0.1, 0.15) is 23.3 Å². The first kappa shape index (κ1) is 13.3. The number of halogens is 1. The second-order valence-electron chi connectivity index (χ2n) is 5.98. The highest BCUT2D eigenvalue weighted by molar-refractivity contribution is 9.10. The molecule has 0 radical (unpaired) electrons. The first-order valence-electron chi connectivity index (χ1n) is 7.37. The SMILES string of the molecule is O=C(N[C@H]1CN2CCC1CC2)c1n[nH]c2cc(Br)ccc12. The predicted octanol–water partition coefficient (Wildman–Crippen LogP) is 2.15. The summed E-state index contributed by atoms with van der Waals surface area (Å²) in [4.78, 5) is 15.0. The Morgan fingerprint density at radius 2 is 2.19 bits per heavy atom. The summed E-state index contributed by atoms with van der Waals surface area (Å²) in [7, 11) is 0. The van der Waals surface area contributed by atoms with E-state index in [0.29, 0.717) is 11.6 Å². The van der Waals surface area contributed by atoms with Crippen molar-refractivity contribution >= 4 is 32.7 Å². The lowest BCUT2D eigenvalue weighted by Gasteiger charge is -2.44. The zero-order valence-corrected chi connectivity index (χ0v) is 13.2. The van der Waals surface area contributed by atoms with Gasteiger partial charge in [-0.1, -0.05) is 15.9 Å². The highest BCUT2D eigenvalue weighted by Gasteiger charge is 2.35. The normalized spacial score (nSPS) is 28.0. The van der Waals surface area contributed by atoms with Crippen LogP contribution in [0.2, 0.25) is 0 Å². The standard InChI is InChI=1S/C15H17BrN4O/c16-10-1-2-11-12(7-10)18-19-14(11)15(21)17-13-8-20-5-3-9(13)4-6-20/h1-2,7,9,13H,3-6,8H2,(H,17,21)(H,18,19)/t13-/m0/s1. The summed E-state index contributed by atoms with van der Waals surface area (Å²) in [5.41, 5.74) is 1.37. The van der Waals surface area contributed by atoms with E-state index in [4.69, 9.17) is 0 Å². The monoisotopic (exact) mass is 348 g/mol. The van der Waals surface area contributed by atoms with Crippen molar-refractivity contribution in [1.29, 1.82) is 0 Å². The topological polar surface area (TPSA) is 61.0 Å². The van der Waals surface area contributed by atoms with Gasteiger partial charge in [0, 0.05) is 22.4 Å². The molecule has 3 aliphatic heterocycles. The first-order valence-corrected chi connectivity index (χ1v) is 8.17. The number of amides is 1. The van der Waals surface area contributed by atoms with Gasteiger partial charge in [-0.15, -0.1) is 0 Å². The van der Waals surface area contributed by atoms with Crippen LogP contribution in [-0.4, -0.2) is 46.7 Å². The lowest BCUT2D eigenvalue weighted by Crippen LogP contribution is -2.57. The van der Waals surface area contributed by atoms with Gasteiger partial charge in [-0.05, 0) is 50.0 Å². The fourth-order valence-corrected chi connectivity index (χ4v) is 3.89. The van der Waals surface area contributed by atoms with Gasteiger partial charge in [0.05, 0.1) is 5.52 Å². The summed E-state index contributed by atoms with van der Waals surface area (Å²) in [5, 5.41) is 11.2. The van der Waals surface area contributed by atoms with Gasteiger partial charge >= 0.3 is 0 Å². The molecule has 2 aromatic rings. The maximum atomic E-state index is 12.5. The Bertz CT molecular complexity index is 690. The largest absolute Gasteiger partial charge is 0.346 e. The van der Waals surface area contributed by atoms with Gasteiger partial charge in [0.1, 0.15) is 0 Å². The maximum Gasteiger partial charge on any atom is 0.272 e. The Hall–Kier alpha value is -1.40. The molecule has 5 nitrogen and oxygen atoms in total. The van der Waals surface area contributed by atoms with Crippen LogP contribution in [0.15, 0.2) is 22.7 Å². The van der Waals surface area contributed by atoms with E-state index in [9.17, 15) is 4.79 Å². The molecule has 2 N–H and O–H groups in total. The molecule has 0 unspecified atom stereocenters. The number of nitrogens with zero attached hydrogens (tertiary/aromatic N) is 2. The molecule has 0 aliphatic carbocycles. The van der Waals surface area contributed by atoms with Crippen LogP contribution < -0.4 is 5.32 Å². The van der Waals surface area contributed by atoms with Crippen molar-refractivity contribution in [2.24, 2.45) is 5.92 Å². The van der Waals surface area contributed by atoms with Crippen LogP contribution >= 0.6 is 15.9 Å². The summed E-state index contributed by atoms with van der Waals surface area (Å²) in [6.07, 6.45) is 2.39. The van der Waals surface area contributed by atoms with Gasteiger partial charge in [0.2, 0.25) is 0 Å². The van der Waals surface area contributed by atoms with E-state index in [1.165, 1.54) is 25.9 Å². The van der Waals surface area contributed by atoms with Crippen LogP contribution in [0.4, 0.5) is 0 Å². The number of nitrogens with one attached hydrogen (secondary N) is 2. The number of hydrogen-bond donors (Lipinski definition) is 2. The third-order valence-corrected chi connectivity index (χ3v) is 5.21. The van der Waals surface area contributed by atoms with Crippen molar-refractivity contribution in [3.8, 4) is 0 Å². The van der Waals surface area contributed by atoms with E-state index in [1.807, 2.05) is 18.2 Å². The fraction of sp³-hybridized carbons (Fsp3) is 0.467. The average Bonchev–Trinajstić information content (AvgIpc) is 2.91. The number of hydrogen-bond acceptors (Lipinski definition) is 3. The van der Waals surface area contributed by atoms with Gasteiger partial charge in [-0.3, -0.25) is 9.89 Å². The minimum absolute atomic E-state index is 0.0673. The number of aromatic amines is 1. The molecule has 1 aromatic heterocycles. The second kappa shape index (κ2) is 5.10. The van der Waals surface area contributed by atoms with Crippen molar-refractivity contribution in [3.63, 3.8) is 0 Å². The Kier molecular flexibility index (Phi) is 3.23. The smallest absolute Gasteiger partial charge is 0.272 e. The average molecular weight is 349 g/mol. The number of carbonyl (C=O) groups excluding carboxylic acids is 1. The Balaban J connectivity index is 1.56. The number of piperidine rings is 3. The highest BCUT2D eigenvalue weighted by Crippen LogP contribution is 2.28. The molecule has 3 aliphatic rings. The Morgan fingerprint density at radius 1 is 1.38 bits per heavy atom. The molecule has 3 saturated heterocycles. The Labute approximate surface area is 131 Å². The summed E-state index contributed by atoms with van der Waals surface area (Å²) in [6.45, 7) is 3.33. The van der Waals surface area contributed by atoms with Crippen molar-refractivity contribution in [2.75, 3.05) is 19.6 Å². The number of carbonyl (C=O) groups is 1. The van der Waals surface area contributed by atoms with Crippen LogP contribution in [-0.2, 0) is 0 Å². The summed E-state index contributed by atoms with van der Waals surface area (Å²) < 4.78 is 0.975. The summed E-state index contributed by atoms with van der Waals surface area (Å²) >= 11 is 3.43. The molecule has 0 spiro atoms. The summed E-state index contributed by atoms with van der Waals surface area (Å²) in [6, 6.07) is 6.06. The third-order valence-electron chi connectivity index (χ3n) is 4.71. The van der Waals surface area contributed by atoms with Crippen molar-refractivity contribution in [3.05, 3.63) is 28.4 Å². The molecule has 0 saturated carbocycles. The van der Waals surface area contributed by atoms with E-state index >= 15 is 0 Å². The number of benzene rings is 1. The van der Waals surface area contributed by atoms with E-state index in [0.717, 1.165) is 21.9 Å². The highest BCUT2D eigenvalue weighted by atomic mass is 79.9. The zero-order chi connectivity index (χ0) is 14.4. The lowest BCUT2D eigenvalue weighted by molar-refractivity contribution is 0.0618. The van der Waals surface area contributed by atoms with Crippen LogP contribution in [0.5, 0.6) is 0 Å². The molecular weight excluding hydrogens is 332 g/mol. The molecule has 1 amide bonds. The molecule has 110 valence electrons. The van der Waals surface area contributed by atoms with Crippen molar-refractivity contribution < 1.29 is 4.79 Å². The number of H-pyrrole nitrogens is 1. The molecular formula is C15H17BrN4O. The summed E-state index contributed by atoms with van der Waals surface area (Å²) in [5.74, 6) is 0.556. The van der Waals surface area contributed by atoms with Crippen molar-refractivity contribution in [1.82, 2.24) is 20.4 Å². The van der Waals surface area contributed by atoms with Crippen molar-refractivity contribution in [2.45, 2.75) is 18.9 Å². The minimum atomic E-state index is -0.0673. The second-order valence-corrected chi connectivity index (χ2v) is 6.90. The van der Waals surface area contributed by atoms with Crippen LogP contribution in [0.25, 0.3) is 10.9 Å². The van der Waals surface area contributed by atoms with Crippen LogP contribution in [0.3, 0.4) is 0 Å². The van der Waals surface area contributed by atoms with Gasteiger partial charge in [-0.2, -0.15) is 5.10 Å². The zero-order valence-electron chi connectivity index (χ0n) is 11.6. The van der Waals surface area contributed by atoms with Crippen LogP contribution in [0, 0.1) is 5.92 Å². The van der Waals surface area contributed by atoms with Gasteiger partial charge in [0.15, 0.2) is 5.69 Å². The molecule has 4 heterocycles. The van der Waals surface area contributed by atoms with E-state index in [-0.39, 0.29) is 11.9 Å². The minimum Gasteiger partial charge on any atom is -0.346 e. The van der Waals surface area contributed by atoms with Gasteiger partial charge in [-0.25, -0.2) is 0 Å². The molecule has 1 atom stereocenters. The fourth-order valence-electron chi connectivity index (χ4n) is 3.53.